The van der Waals surface area contributed by atoms with Crippen LogP contribution in [0, 0.1) is 0 Å². The van der Waals surface area contributed by atoms with Gasteiger partial charge in [0.1, 0.15) is 0 Å². The van der Waals surface area contributed by atoms with Crippen molar-refractivity contribution >= 4 is 17.7 Å². The molecule has 2 aromatic rings. The first-order valence-electron chi connectivity index (χ1n) is 7.46. The Labute approximate surface area is 133 Å². The van der Waals surface area contributed by atoms with Gasteiger partial charge in [-0.15, -0.1) is 10.2 Å². The van der Waals surface area contributed by atoms with Gasteiger partial charge >= 0.3 is 0 Å². The van der Waals surface area contributed by atoms with E-state index in [4.69, 9.17) is 8.83 Å². The zero-order chi connectivity index (χ0) is 15.5. The van der Waals surface area contributed by atoms with E-state index in [0.29, 0.717) is 34.7 Å². The highest BCUT2D eigenvalue weighted by atomic mass is 32.2. The molecule has 0 aliphatic carbocycles. The Balaban J connectivity index is 1.59. The summed E-state index contributed by atoms with van der Waals surface area (Å²) >= 11 is 1.27. The summed E-state index contributed by atoms with van der Waals surface area (Å²) in [6, 6.07) is 4.12. The average Bonchev–Trinajstić information content (AvgIpc) is 3.16. The first-order chi connectivity index (χ1) is 10.6. The van der Waals surface area contributed by atoms with E-state index in [0.717, 1.165) is 12.8 Å². The Hall–Kier alpha value is -1.76. The number of amides is 1. The van der Waals surface area contributed by atoms with Crippen LogP contribution in [0.1, 0.15) is 33.1 Å². The minimum atomic E-state index is 0.127. The lowest BCUT2D eigenvalue weighted by Gasteiger charge is -2.39. The number of carbonyl (C=O) groups is 1. The van der Waals surface area contributed by atoms with E-state index in [2.05, 4.69) is 24.0 Å². The van der Waals surface area contributed by atoms with Crippen LogP contribution in [-0.4, -0.2) is 38.8 Å². The van der Waals surface area contributed by atoms with Crippen LogP contribution < -0.4 is 0 Å². The van der Waals surface area contributed by atoms with Gasteiger partial charge in [0.05, 0.1) is 12.0 Å². The molecule has 0 spiro atoms. The third-order valence-corrected chi connectivity index (χ3v) is 4.74. The predicted octanol–water partition coefficient (Wildman–Crippen LogP) is 3.21. The molecule has 1 amide bonds. The van der Waals surface area contributed by atoms with Gasteiger partial charge in [-0.1, -0.05) is 11.8 Å². The fraction of sp³-hybridized carbons (Fsp3) is 0.533. The summed E-state index contributed by atoms with van der Waals surface area (Å²) in [5.41, 5.74) is 0. The van der Waals surface area contributed by atoms with Crippen molar-refractivity contribution in [3.05, 3.63) is 18.4 Å². The van der Waals surface area contributed by atoms with Gasteiger partial charge < -0.3 is 13.7 Å². The van der Waals surface area contributed by atoms with Gasteiger partial charge in [-0.25, -0.2) is 0 Å². The highest BCUT2D eigenvalue weighted by molar-refractivity contribution is 7.99. The Kier molecular flexibility index (Phi) is 4.52. The van der Waals surface area contributed by atoms with Crippen LogP contribution in [0.4, 0.5) is 0 Å². The van der Waals surface area contributed by atoms with E-state index in [1.54, 1.807) is 18.4 Å². The molecule has 1 fully saturated rings. The number of hydrogen-bond donors (Lipinski definition) is 0. The van der Waals surface area contributed by atoms with Crippen molar-refractivity contribution in [1.29, 1.82) is 0 Å². The van der Waals surface area contributed by atoms with Crippen LogP contribution in [0.3, 0.4) is 0 Å². The van der Waals surface area contributed by atoms with Gasteiger partial charge in [-0.05, 0) is 45.2 Å². The number of carbonyl (C=O) groups excluding carboxylic acids is 1. The second-order valence-corrected chi connectivity index (χ2v) is 6.50. The fourth-order valence-corrected chi connectivity index (χ4v) is 3.51. The van der Waals surface area contributed by atoms with Crippen LogP contribution in [0.15, 0.2) is 32.5 Å². The van der Waals surface area contributed by atoms with Crippen molar-refractivity contribution in [2.75, 3.05) is 5.75 Å². The number of hydrogen-bond acceptors (Lipinski definition) is 6. The maximum atomic E-state index is 12.4. The van der Waals surface area contributed by atoms with Crippen molar-refractivity contribution < 1.29 is 13.6 Å². The number of aromatic nitrogens is 2. The van der Waals surface area contributed by atoms with Gasteiger partial charge in [0.2, 0.25) is 5.91 Å². The highest BCUT2D eigenvalue weighted by Crippen LogP contribution is 2.26. The van der Waals surface area contributed by atoms with Crippen LogP contribution >= 0.6 is 11.8 Å². The molecule has 6 nitrogen and oxygen atoms in total. The average molecular weight is 321 g/mol. The predicted molar refractivity (Wildman–Crippen MR) is 82.3 cm³/mol. The minimum Gasteiger partial charge on any atom is -0.459 e. The molecular formula is C15H19N3O3S. The van der Waals surface area contributed by atoms with E-state index >= 15 is 0 Å². The molecule has 0 N–H and O–H groups in total. The highest BCUT2D eigenvalue weighted by Gasteiger charge is 2.29. The number of piperidine rings is 1. The lowest BCUT2D eigenvalue weighted by atomic mass is 9.98. The molecule has 0 bridgehead atoms. The van der Waals surface area contributed by atoms with Crippen molar-refractivity contribution in [3.8, 4) is 11.7 Å². The zero-order valence-corrected chi connectivity index (χ0v) is 13.5. The van der Waals surface area contributed by atoms with E-state index in [9.17, 15) is 4.79 Å². The second-order valence-electron chi connectivity index (χ2n) is 5.57. The minimum absolute atomic E-state index is 0.127. The molecule has 0 saturated carbocycles. The van der Waals surface area contributed by atoms with Crippen LogP contribution in [0.2, 0.25) is 0 Å². The van der Waals surface area contributed by atoms with Crippen molar-refractivity contribution in [1.82, 2.24) is 15.1 Å². The number of likely N-dealkylation sites (tertiary alicyclic amines) is 1. The summed E-state index contributed by atoms with van der Waals surface area (Å²) in [7, 11) is 0. The van der Waals surface area contributed by atoms with E-state index < -0.39 is 0 Å². The summed E-state index contributed by atoms with van der Waals surface area (Å²) in [6.45, 7) is 4.22. The largest absolute Gasteiger partial charge is 0.459 e. The molecule has 0 radical (unpaired) electrons. The Morgan fingerprint density at radius 2 is 2.14 bits per heavy atom. The zero-order valence-electron chi connectivity index (χ0n) is 12.7. The molecule has 7 heteroatoms. The van der Waals surface area contributed by atoms with Crippen LogP contribution in [0.5, 0.6) is 0 Å². The summed E-state index contributed by atoms with van der Waals surface area (Å²) in [5, 5.41) is 8.25. The third kappa shape index (κ3) is 3.19. The molecule has 118 valence electrons. The first-order valence-corrected chi connectivity index (χ1v) is 8.45. The summed E-state index contributed by atoms with van der Waals surface area (Å²) in [5.74, 6) is 1.31. The summed E-state index contributed by atoms with van der Waals surface area (Å²) in [4.78, 5) is 14.4. The van der Waals surface area contributed by atoms with E-state index in [1.807, 2.05) is 4.90 Å². The van der Waals surface area contributed by atoms with Crippen LogP contribution in [-0.2, 0) is 4.79 Å². The fourth-order valence-electron chi connectivity index (χ4n) is 2.88. The first kappa shape index (κ1) is 15.1. The molecule has 1 aliphatic heterocycles. The third-order valence-electron chi connectivity index (χ3n) is 3.94. The van der Waals surface area contributed by atoms with Crippen molar-refractivity contribution in [3.63, 3.8) is 0 Å². The Morgan fingerprint density at radius 3 is 2.82 bits per heavy atom. The molecule has 2 aromatic heterocycles. The lowest BCUT2D eigenvalue weighted by molar-refractivity contribution is -0.134. The van der Waals surface area contributed by atoms with Crippen molar-refractivity contribution in [2.45, 2.75) is 50.4 Å². The molecule has 3 rings (SSSR count). The molecule has 1 aliphatic rings. The van der Waals surface area contributed by atoms with Gasteiger partial charge in [0, 0.05) is 12.1 Å². The molecule has 3 heterocycles. The van der Waals surface area contributed by atoms with Gasteiger partial charge in [-0.2, -0.15) is 0 Å². The normalized spacial score (nSPS) is 22.0. The van der Waals surface area contributed by atoms with Crippen LogP contribution in [0.25, 0.3) is 11.7 Å². The second kappa shape index (κ2) is 6.56. The SMILES string of the molecule is CC1CCCC(C)N1C(=O)CSc1nnc(-c2ccco2)o1. The topological polar surface area (TPSA) is 72.4 Å². The van der Waals surface area contributed by atoms with E-state index in [1.165, 1.54) is 18.2 Å². The summed E-state index contributed by atoms with van der Waals surface area (Å²) < 4.78 is 10.7. The molecule has 2 unspecified atom stereocenters. The number of furan rings is 1. The molecule has 2 atom stereocenters. The number of nitrogens with zero attached hydrogens (tertiary/aromatic N) is 3. The molecule has 22 heavy (non-hydrogen) atoms. The number of thioether (sulfide) groups is 1. The quantitative estimate of drug-likeness (QED) is 0.805. The van der Waals surface area contributed by atoms with Gasteiger partial charge in [0.15, 0.2) is 5.76 Å². The van der Waals surface area contributed by atoms with Gasteiger partial charge in [0.25, 0.3) is 11.1 Å². The molecule has 0 aromatic carbocycles. The lowest BCUT2D eigenvalue weighted by Crippen LogP contribution is -2.48. The standard InChI is InChI=1S/C15H19N3O3S/c1-10-5-3-6-11(2)18(10)13(19)9-22-15-17-16-14(21-15)12-7-4-8-20-12/h4,7-8,10-11H,3,5-6,9H2,1-2H3. The van der Waals surface area contributed by atoms with Crippen molar-refractivity contribution in [2.24, 2.45) is 0 Å². The maximum absolute atomic E-state index is 12.4. The Bertz CT molecular complexity index is 616. The summed E-state index contributed by atoms with van der Waals surface area (Å²) in [6.07, 6.45) is 4.89. The number of rotatable bonds is 4. The smallest absolute Gasteiger partial charge is 0.284 e. The Morgan fingerprint density at radius 1 is 1.36 bits per heavy atom. The van der Waals surface area contributed by atoms with E-state index in [-0.39, 0.29) is 5.91 Å². The van der Waals surface area contributed by atoms with Gasteiger partial charge in [-0.3, -0.25) is 4.79 Å². The monoisotopic (exact) mass is 321 g/mol. The maximum Gasteiger partial charge on any atom is 0.284 e. The molecular weight excluding hydrogens is 302 g/mol. The molecule has 1 saturated heterocycles.